The van der Waals surface area contributed by atoms with Crippen LogP contribution in [0.1, 0.15) is 42.6 Å². The van der Waals surface area contributed by atoms with Crippen molar-refractivity contribution in [3.05, 3.63) is 34.9 Å². The molecule has 1 aromatic rings. The Hall–Kier alpha value is -0.860. The van der Waals surface area contributed by atoms with Crippen molar-refractivity contribution in [2.24, 2.45) is 11.7 Å². The maximum absolute atomic E-state index is 10.4. The number of hydrogen-bond donors (Lipinski definition) is 2. The van der Waals surface area contributed by atoms with Gasteiger partial charge in [-0.2, -0.15) is 0 Å². The van der Waals surface area contributed by atoms with Crippen LogP contribution < -0.4 is 5.73 Å². The van der Waals surface area contributed by atoms with Crippen molar-refractivity contribution in [2.45, 2.75) is 39.7 Å². The maximum atomic E-state index is 10.4. The molecule has 2 heteroatoms. The second-order valence-corrected chi connectivity index (χ2v) is 4.53. The Balaban J connectivity index is 2.98. The molecule has 0 aliphatic heterocycles. The number of aliphatic hydroxyl groups excluding tert-OH is 1. The molecule has 0 aliphatic carbocycles. The van der Waals surface area contributed by atoms with Gasteiger partial charge in [0.2, 0.25) is 0 Å². The maximum Gasteiger partial charge on any atom is 0.0835 e. The molecule has 0 amide bonds. The molecule has 1 aromatic carbocycles. The summed E-state index contributed by atoms with van der Waals surface area (Å²) in [5.74, 6) is 0.171. The van der Waals surface area contributed by atoms with Gasteiger partial charge in [0.25, 0.3) is 0 Å². The lowest BCUT2D eigenvalue weighted by molar-refractivity contribution is 0.105. The van der Waals surface area contributed by atoms with Crippen LogP contribution in [-0.2, 0) is 0 Å². The van der Waals surface area contributed by atoms with E-state index in [1.165, 1.54) is 0 Å². The van der Waals surface area contributed by atoms with E-state index in [0.29, 0.717) is 6.54 Å². The number of nitrogens with two attached hydrogens (primary N) is 1. The second-order valence-electron chi connectivity index (χ2n) is 4.53. The normalized spacial score (nSPS) is 14.8. The second kappa shape index (κ2) is 6.02. The average Bonchev–Trinajstić information content (AvgIpc) is 2.25. The van der Waals surface area contributed by atoms with Crippen molar-refractivity contribution in [1.82, 2.24) is 0 Å². The van der Waals surface area contributed by atoms with Crippen molar-refractivity contribution in [3.63, 3.8) is 0 Å². The summed E-state index contributed by atoms with van der Waals surface area (Å²) < 4.78 is 0. The van der Waals surface area contributed by atoms with Crippen LogP contribution in [0.2, 0.25) is 0 Å². The highest BCUT2D eigenvalue weighted by Gasteiger charge is 2.21. The fraction of sp³-hybridized carbons (Fsp3) is 0.571. The summed E-state index contributed by atoms with van der Waals surface area (Å²) in [5.41, 5.74) is 9.11. The third-order valence-corrected chi connectivity index (χ3v) is 3.25. The molecule has 0 fully saturated rings. The summed E-state index contributed by atoms with van der Waals surface area (Å²) >= 11 is 0. The van der Waals surface area contributed by atoms with Gasteiger partial charge < -0.3 is 10.8 Å². The summed E-state index contributed by atoms with van der Waals surface area (Å²) in [6, 6.07) is 6.12. The lowest BCUT2D eigenvalue weighted by Gasteiger charge is -2.24. The summed E-state index contributed by atoms with van der Waals surface area (Å²) in [5, 5.41) is 10.4. The van der Waals surface area contributed by atoms with Crippen molar-refractivity contribution in [2.75, 3.05) is 6.54 Å². The van der Waals surface area contributed by atoms with Gasteiger partial charge in [0, 0.05) is 5.92 Å². The van der Waals surface area contributed by atoms with Gasteiger partial charge in [0.05, 0.1) is 6.10 Å². The van der Waals surface area contributed by atoms with Gasteiger partial charge in [-0.1, -0.05) is 31.5 Å². The van der Waals surface area contributed by atoms with Crippen LogP contribution in [0, 0.1) is 19.8 Å². The molecule has 0 spiro atoms. The number of aryl methyl sites for hydroxylation is 2. The van der Waals surface area contributed by atoms with Gasteiger partial charge in [-0.3, -0.25) is 0 Å². The minimum Gasteiger partial charge on any atom is -0.388 e. The zero-order valence-electron chi connectivity index (χ0n) is 10.5. The van der Waals surface area contributed by atoms with Gasteiger partial charge in [0.1, 0.15) is 0 Å². The van der Waals surface area contributed by atoms with E-state index in [-0.39, 0.29) is 5.92 Å². The van der Waals surface area contributed by atoms with Crippen molar-refractivity contribution in [1.29, 1.82) is 0 Å². The molecule has 0 saturated carbocycles. The molecule has 0 heterocycles. The Morgan fingerprint density at radius 3 is 2.25 bits per heavy atom. The Bertz CT molecular complexity index is 315. The van der Waals surface area contributed by atoms with Gasteiger partial charge in [0.15, 0.2) is 0 Å². The quantitative estimate of drug-likeness (QED) is 0.803. The van der Waals surface area contributed by atoms with Crippen LogP contribution >= 0.6 is 0 Å². The van der Waals surface area contributed by atoms with E-state index in [4.69, 9.17) is 5.73 Å². The lowest BCUT2D eigenvalue weighted by Crippen LogP contribution is -2.23. The third kappa shape index (κ3) is 2.83. The first-order valence-corrected chi connectivity index (χ1v) is 6.06. The fourth-order valence-electron chi connectivity index (χ4n) is 2.30. The van der Waals surface area contributed by atoms with Crippen molar-refractivity contribution in [3.8, 4) is 0 Å². The van der Waals surface area contributed by atoms with Gasteiger partial charge in [-0.25, -0.2) is 0 Å². The Labute approximate surface area is 98.5 Å². The van der Waals surface area contributed by atoms with E-state index in [2.05, 4.69) is 6.92 Å². The molecule has 0 bridgehead atoms. The van der Waals surface area contributed by atoms with Crippen LogP contribution in [0.15, 0.2) is 18.2 Å². The number of benzene rings is 1. The smallest absolute Gasteiger partial charge is 0.0835 e. The molecular weight excluding hydrogens is 198 g/mol. The van der Waals surface area contributed by atoms with E-state index >= 15 is 0 Å². The first-order chi connectivity index (χ1) is 7.61. The fourth-order valence-corrected chi connectivity index (χ4v) is 2.30. The van der Waals surface area contributed by atoms with Crippen LogP contribution in [0.25, 0.3) is 0 Å². The number of hydrogen-bond acceptors (Lipinski definition) is 2. The van der Waals surface area contributed by atoms with E-state index in [1.54, 1.807) is 0 Å². The lowest BCUT2D eigenvalue weighted by atomic mass is 9.87. The van der Waals surface area contributed by atoms with E-state index < -0.39 is 6.10 Å². The van der Waals surface area contributed by atoms with Crippen molar-refractivity contribution < 1.29 is 5.11 Å². The predicted molar refractivity (Wildman–Crippen MR) is 68.3 cm³/mol. The molecule has 0 saturated heterocycles. The molecule has 2 nitrogen and oxygen atoms in total. The van der Waals surface area contributed by atoms with E-state index in [9.17, 15) is 5.11 Å². The van der Waals surface area contributed by atoms with Gasteiger partial charge >= 0.3 is 0 Å². The summed E-state index contributed by atoms with van der Waals surface area (Å²) in [6.45, 7) is 6.76. The van der Waals surface area contributed by atoms with Crippen LogP contribution in [-0.4, -0.2) is 11.7 Å². The minimum atomic E-state index is -0.425. The Kier molecular flexibility index (Phi) is 4.97. The standard InChI is InChI=1S/C14H23NO/c1-4-6-12(9-15)14(16)13-10(2)7-5-8-11(13)3/h5,7-8,12,14,16H,4,6,9,15H2,1-3H3. The zero-order chi connectivity index (χ0) is 12.1. The number of rotatable bonds is 5. The Morgan fingerprint density at radius 2 is 1.81 bits per heavy atom. The molecular formula is C14H23NO. The molecule has 16 heavy (non-hydrogen) atoms. The van der Waals surface area contributed by atoms with E-state index in [0.717, 1.165) is 29.5 Å². The zero-order valence-corrected chi connectivity index (χ0v) is 10.5. The highest BCUT2D eigenvalue weighted by atomic mass is 16.3. The highest BCUT2D eigenvalue weighted by Crippen LogP contribution is 2.29. The molecule has 90 valence electrons. The topological polar surface area (TPSA) is 46.2 Å². The molecule has 0 aliphatic rings. The molecule has 1 rings (SSSR count). The van der Waals surface area contributed by atoms with Gasteiger partial charge in [-0.15, -0.1) is 0 Å². The van der Waals surface area contributed by atoms with Gasteiger partial charge in [-0.05, 0) is 43.5 Å². The van der Waals surface area contributed by atoms with Crippen LogP contribution in [0.3, 0.4) is 0 Å². The highest BCUT2D eigenvalue weighted by molar-refractivity contribution is 5.35. The SMILES string of the molecule is CCCC(CN)C(O)c1c(C)cccc1C. The third-order valence-electron chi connectivity index (χ3n) is 3.25. The largest absolute Gasteiger partial charge is 0.388 e. The van der Waals surface area contributed by atoms with E-state index in [1.807, 2.05) is 32.0 Å². The molecule has 2 unspecified atom stereocenters. The predicted octanol–water partition coefficient (Wildman–Crippen LogP) is 2.71. The minimum absolute atomic E-state index is 0.171. The Morgan fingerprint density at radius 1 is 1.25 bits per heavy atom. The van der Waals surface area contributed by atoms with Crippen LogP contribution in [0.5, 0.6) is 0 Å². The van der Waals surface area contributed by atoms with Crippen molar-refractivity contribution >= 4 is 0 Å². The molecule has 3 N–H and O–H groups in total. The first kappa shape index (κ1) is 13.2. The first-order valence-electron chi connectivity index (χ1n) is 6.06. The summed E-state index contributed by atoms with van der Waals surface area (Å²) in [4.78, 5) is 0. The summed E-state index contributed by atoms with van der Waals surface area (Å²) in [6.07, 6.45) is 1.61. The molecule has 0 radical (unpaired) electrons. The average molecular weight is 221 g/mol. The van der Waals surface area contributed by atoms with Crippen LogP contribution in [0.4, 0.5) is 0 Å². The molecule has 2 atom stereocenters. The molecule has 0 aromatic heterocycles. The number of aliphatic hydroxyl groups is 1. The monoisotopic (exact) mass is 221 g/mol. The summed E-state index contributed by atoms with van der Waals surface area (Å²) in [7, 11) is 0.